The Balaban J connectivity index is 1.46. The minimum absolute atomic E-state index is 0.215. The van der Waals surface area contributed by atoms with E-state index in [1.807, 2.05) is 91.0 Å². The molecular formula is C29H32O5. The Kier molecular flexibility index (Phi) is 9.40. The third-order valence-electron chi connectivity index (χ3n) is 5.94. The molecule has 1 fully saturated rings. The summed E-state index contributed by atoms with van der Waals surface area (Å²) in [5, 5.41) is 0. The lowest BCUT2D eigenvalue weighted by atomic mass is 9.96. The number of carbonyl (C=O) groups excluding carboxylic acids is 1. The second kappa shape index (κ2) is 13.2. The second-order valence-electron chi connectivity index (χ2n) is 8.53. The molecule has 5 heteroatoms. The van der Waals surface area contributed by atoms with E-state index in [0.717, 1.165) is 23.0 Å². The van der Waals surface area contributed by atoms with Crippen LogP contribution in [-0.4, -0.2) is 37.3 Å². The molecule has 178 valence electrons. The van der Waals surface area contributed by atoms with E-state index in [2.05, 4.69) is 0 Å². The zero-order valence-corrected chi connectivity index (χ0v) is 19.3. The van der Waals surface area contributed by atoms with Gasteiger partial charge in [0.15, 0.2) is 0 Å². The number of aldehydes is 1. The van der Waals surface area contributed by atoms with Gasteiger partial charge in [0.1, 0.15) is 18.5 Å². The number of benzene rings is 3. The minimum Gasteiger partial charge on any atom is -0.374 e. The van der Waals surface area contributed by atoms with Crippen LogP contribution in [0, 0.1) is 0 Å². The summed E-state index contributed by atoms with van der Waals surface area (Å²) in [5.74, 6) is 0. The first-order chi connectivity index (χ1) is 16.8. The lowest BCUT2D eigenvalue weighted by Gasteiger charge is -2.41. The van der Waals surface area contributed by atoms with Crippen LogP contribution in [0.25, 0.3) is 0 Å². The van der Waals surface area contributed by atoms with E-state index in [1.165, 1.54) is 0 Å². The predicted molar refractivity (Wildman–Crippen MR) is 130 cm³/mol. The maximum absolute atomic E-state index is 11.3. The molecule has 4 atom stereocenters. The maximum Gasteiger partial charge on any atom is 0.122 e. The van der Waals surface area contributed by atoms with Gasteiger partial charge in [-0.15, -0.1) is 0 Å². The van der Waals surface area contributed by atoms with E-state index in [1.54, 1.807) is 0 Å². The van der Waals surface area contributed by atoms with E-state index < -0.39 is 0 Å². The molecule has 0 spiro atoms. The summed E-state index contributed by atoms with van der Waals surface area (Å²) in [7, 11) is 0. The lowest BCUT2D eigenvalue weighted by Crippen LogP contribution is -2.52. The zero-order chi connectivity index (χ0) is 23.4. The van der Waals surface area contributed by atoms with Crippen molar-refractivity contribution in [3.05, 3.63) is 108 Å². The smallest absolute Gasteiger partial charge is 0.122 e. The predicted octanol–water partition coefficient (Wildman–Crippen LogP) is 5.12. The molecule has 0 aliphatic carbocycles. The fraction of sp³-hybridized carbons (Fsp3) is 0.345. The van der Waals surface area contributed by atoms with Crippen molar-refractivity contribution >= 4 is 6.29 Å². The molecule has 1 aliphatic rings. The number of ether oxygens (including phenoxy) is 4. The van der Waals surface area contributed by atoms with Gasteiger partial charge in [-0.05, 0) is 16.7 Å². The highest BCUT2D eigenvalue weighted by Crippen LogP contribution is 2.29. The standard InChI is InChI=1S/C29H32O5/c30-17-16-26-18-27(32-20-24-12-6-2-7-13-24)29(33-21-25-14-8-3-9-15-25)28(34-26)22-31-19-23-10-4-1-5-11-23/h1-15,17,26-29H,16,18-22H2/t26-,27-,28-,29+/m1/s1. The van der Waals surface area contributed by atoms with Gasteiger partial charge >= 0.3 is 0 Å². The van der Waals surface area contributed by atoms with Crippen LogP contribution in [0.4, 0.5) is 0 Å². The molecule has 0 bridgehead atoms. The molecule has 0 N–H and O–H groups in total. The molecule has 0 aromatic heterocycles. The van der Waals surface area contributed by atoms with Gasteiger partial charge in [-0.2, -0.15) is 0 Å². The average Bonchev–Trinajstić information content (AvgIpc) is 2.89. The van der Waals surface area contributed by atoms with Crippen molar-refractivity contribution in [3.8, 4) is 0 Å². The van der Waals surface area contributed by atoms with E-state index in [9.17, 15) is 4.79 Å². The Morgan fingerprint density at radius 2 is 1.26 bits per heavy atom. The molecule has 0 amide bonds. The van der Waals surface area contributed by atoms with Crippen molar-refractivity contribution in [2.75, 3.05) is 6.61 Å². The summed E-state index contributed by atoms with van der Waals surface area (Å²) in [6.07, 6.45) is 0.737. The molecule has 4 rings (SSSR count). The van der Waals surface area contributed by atoms with E-state index in [0.29, 0.717) is 39.3 Å². The van der Waals surface area contributed by atoms with Gasteiger partial charge in [0.2, 0.25) is 0 Å². The first kappa shape index (κ1) is 24.3. The average molecular weight is 461 g/mol. The number of hydrogen-bond donors (Lipinski definition) is 0. The first-order valence-electron chi connectivity index (χ1n) is 11.8. The van der Waals surface area contributed by atoms with Crippen LogP contribution < -0.4 is 0 Å². The number of hydrogen-bond acceptors (Lipinski definition) is 5. The van der Waals surface area contributed by atoms with Gasteiger partial charge in [0.25, 0.3) is 0 Å². The molecule has 3 aromatic carbocycles. The van der Waals surface area contributed by atoms with Gasteiger partial charge in [-0.25, -0.2) is 0 Å². The van der Waals surface area contributed by atoms with Gasteiger partial charge in [0.05, 0.1) is 38.6 Å². The van der Waals surface area contributed by atoms with Crippen LogP contribution in [-0.2, 0) is 43.6 Å². The van der Waals surface area contributed by atoms with E-state index >= 15 is 0 Å². The van der Waals surface area contributed by atoms with Gasteiger partial charge in [-0.1, -0.05) is 91.0 Å². The largest absolute Gasteiger partial charge is 0.374 e. The van der Waals surface area contributed by atoms with Gasteiger partial charge in [0, 0.05) is 12.8 Å². The van der Waals surface area contributed by atoms with E-state index in [4.69, 9.17) is 18.9 Å². The summed E-state index contributed by atoms with van der Waals surface area (Å²) in [5.41, 5.74) is 3.28. The van der Waals surface area contributed by atoms with Crippen LogP contribution >= 0.6 is 0 Å². The Bertz CT molecular complexity index is 964. The molecule has 5 nitrogen and oxygen atoms in total. The highest BCUT2D eigenvalue weighted by atomic mass is 16.6. The topological polar surface area (TPSA) is 54.0 Å². The molecule has 34 heavy (non-hydrogen) atoms. The Morgan fingerprint density at radius 3 is 1.82 bits per heavy atom. The number of carbonyl (C=O) groups is 1. The fourth-order valence-electron chi connectivity index (χ4n) is 4.19. The second-order valence-corrected chi connectivity index (χ2v) is 8.53. The van der Waals surface area contributed by atoms with E-state index in [-0.39, 0.29) is 24.4 Å². The molecule has 1 aliphatic heterocycles. The number of rotatable bonds is 12. The monoisotopic (exact) mass is 460 g/mol. The van der Waals surface area contributed by atoms with Crippen LogP contribution in [0.1, 0.15) is 29.5 Å². The summed E-state index contributed by atoms with van der Waals surface area (Å²) >= 11 is 0. The summed E-state index contributed by atoms with van der Waals surface area (Å²) < 4.78 is 25.1. The summed E-state index contributed by atoms with van der Waals surface area (Å²) in [4.78, 5) is 11.3. The van der Waals surface area contributed by atoms with Crippen LogP contribution in [0.15, 0.2) is 91.0 Å². The quantitative estimate of drug-likeness (QED) is 0.351. The zero-order valence-electron chi connectivity index (χ0n) is 19.3. The van der Waals surface area contributed by atoms with Crippen molar-refractivity contribution in [1.29, 1.82) is 0 Å². The molecule has 0 saturated carbocycles. The van der Waals surface area contributed by atoms with Crippen LogP contribution in [0.2, 0.25) is 0 Å². The van der Waals surface area contributed by atoms with Gasteiger partial charge < -0.3 is 23.7 Å². The molecular weight excluding hydrogens is 428 g/mol. The normalized spacial score (nSPS) is 22.4. The lowest BCUT2D eigenvalue weighted by molar-refractivity contribution is -0.220. The minimum atomic E-state index is -0.341. The van der Waals surface area contributed by atoms with Gasteiger partial charge in [-0.3, -0.25) is 0 Å². The Labute approximate surface area is 201 Å². The summed E-state index contributed by atoms with van der Waals surface area (Å²) in [6, 6.07) is 30.2. The van der Waals surface area contributed by atoms with Crippen molar-refractivity contribution in [1.82, 2.24) is 0 Å². The highest BCUT2D eigenvalue weighted by Gasteiger charge is 2.40. The molecule has 0 radical (unpaired) electrons. The molecule has 3 aromatic rings. The van der Waals surface area contributed by atoms with Crippen molar-refractivity contribution < 1.29 is 23.7 Å². The third-order valence-corrected chi connectivity index (χ3v) is 5.94. The molecule has 1 heterocycles. The fourth-order valence-corrected chi connectivity index (χ4v) is 4.19. The first-order valence-corrected chi connectivity index (χ1v) is 11.8. The van der Waals surface area contributed by atoms with Crippen LogP contribution in [0.5, 0.6) is 0 Å². The van der Waals surface area contributed by atoms with Crippen LogP contribution in [0.3, 0.4) is 0 Å². The highest BCUT2D eigenvalue weighted by molar-refractivity contribution is 5.50. The third kappa shape index (κ3) is 7.34. The van der Waals surface area contributed by atoms with Crippen molar-refractivity contribution in [2.45, 2.75) is 57.1 Å². The van der Waals surface area contributed by atoms with Crippen molar-refractivity contribution in [2.24, 2.45) is 0 Å². The molecule has 0 unspecified atom stereocenters. The SMILES string of the molecule is O=CC[C@@H]1C[C@@H](OCc2ccccc2)[C@H](OCc2ccccc2)[C@@H](COCc2ccccc2)O1. The Hall–Kier alpha value is -2.83. The maximum atomic E-state index is 11.3. The molecule has 1 saturated heterocycles. The Morgan fingerprint density at radius 1 is 0.735 bits per heavy atom. The summed E-state index contributed by atoms with van der Waals surface area (Å²) in [6.45, 7) is 1.77. The van der Waals surface area contributed by atoms with Crippen molar-refractivity contribution in [3.63, 3.8) is 0 Å².